The molecule has 18 heavy (non-hydrogen) atoms. The van der Waals surface area contributed by atoms with Crippen LogP contribution >= 0.6 is 0 Å². The molecule has 0 amide bonds. The summed E-state index contributed by atoms with van der Waals surface area (Å²) in [5.41, 5.74) is 7.03. The minimum Gasteiger partial charge on any atom is -0.398 e. The number of nitrogens with zero attached hydrogens (tertiary/aromatic N) is 2. The zero-order valence-corrected chi connectivity index (χ0v) is 11.2. The molecule has 0 aliphatic carbocycles. The van der Waals surface area contributed by atoms with Gasteiger partial charge in [-0.2, -0.15) is 0 Å². The first-order valence-electron chi connectivity index (χ1n) is 6.27. The summed E-state index contributed by atoms with van der Waals surface area (Å²) >= 11 is 0. The molecule has 0 spiro atoms. The van der Waals surface area contributed by atoms with Crippen molar-refractivity contribution in [1.29, 1.82) is 0 Å². The first-order valence-corrected chi connectivity index (χ1v) is 6.27. The number of rotatable bonds is 6. The molecule has 0 heterocycles. The number of benzene rings is 1. The summed E-state index contributed by atoms with van der Waals surface area (Å²) in [6.45, 7) is 8.04. The molecule has 0 aliphatic heterocycles. The summed E-state index contributed by atoms with van der Waals surface area (Å²) in [6, 6.07) is 4.77. The highest BCUT2D eigenvalue weighted by molar-refractivity contribution is 5.62. The van der Waals surface area contributed by atoms with Crippen molar-refractivity contribution >= 4 is 17.1 Å². The molecule has 100 valence electrons. The highest BCUT2D eigenvalue weighted by Crippen LogP contribution is 2.26. The van der Waals surface area contributed by atoms with E-state index in [2.05, 4.69) is 18.7 Å². The predicted octanol–water partition coefficient (Wildman–Crippen LogP) is 3.05. The molecule has 0 saturated heterocycles. The second kappa shape index (κ2) is 6.23. The third-order valence-electron chi connectivity index (χ3n) is 3.11. The number of nitrogens with two attached hydrogens (primary N) is 1. The molecule has 0 bridgehead atoms. The predicted molar refractivity (Wildman–Crippen MR) is 74.9 cm³/mol. The summed E-state index contributed by atoms with van der Waals surface area (Å²) < 4.78 is 0. The average Bonchev–Trinajstić information content (AvgIpc) is 2.34. The van der Waals surface area contributed by atoms with E-state index >= 15 is 0 Å². The van der Waals surface area contributed by atoms with Crippen LogP contribution in [0, 0.1) is 16.0 Å². The van der Waals surface area contributed by atoms with Gasteiger partial charge in [0, 0.05) is 36.6 Å². The van der Waals surface area contributed by atoms with E-state index in [1.54, 1.807) is 12.1 Å². The van der Waals surface area contributed by atoms with Gasteiger partial charge in [-0.3, -0.25) is 10.1 Å². The van der Waals surface area contributed by atoms with Crippen molar-refractivity contribution in [2.75, 3.05) is 23.7 Å². The van der Waals surface area contributed by atoms with E-state index in [1.807, 2.05) is 6.92 Å². The monoisotopic (exact) mass is 251 g/mol. The third kappa shape index (κ3) is 3.61. The van der Waals surface area contributed by atoms with Crippen LogP contribution in [0.2, 0.25) is 0 Å². The van der Waals surface area contributed by atoms with Gasteiger partial charge < -0.3 is 10.6 Å². The smallest absolute Gasteiger partial charge is 0.273 e. The van der Waals surface area contributed by atoms with Crippen LogP contribution in [0.4, 0.5) is 17.1 Å². The van der Waals surface area contributed by atoms with Gasteiger partial charge in [0.05, 0.1) is 4.92 Å². The SMILES string of the molecule is CCC(C)CN(CC)c1cc(N)cc([N+](=O)[O-])c1. The van der Waals surface area contributed by atoms with Crippen molar-refractivity contribution in [2.45, 2.75) is 27.2 Å². The van der Waals surface area contributed by atoms with Crippen LogP contribution in [0.5, 0.6) is 0 Å². The van der Waals surface area contributed by atoms with Crippen molar-refractivity contribution in [3.8, 4) is 0 Å². The Balaban J connectivity index is 3.01. The van der Waals surface area contributed by atoms with Crippen molar-refractivity contribution in [3.63, 3.8) is 0 Å². The Labute approximate surface area is 108 Å². The van der Waals surface area contributed by atoms with Gasteiger partial charge >= 0.3 is 0 Å². The zero-order valence-electron chi connectivity index (χ0n) is 11.2. The molecule has 1 aromatic rings. The fourth-order valence-electron chi connectivity index (χ4n) is 1.83. The molecule has 1 atom stereocenters. The maximum Gasteiger partial charge on any atom is 0.273 e. The molecule has 0 fully saturated rings. The maximum atomic E-state index is 10.8. The number of hydrogen-bond donors (Lipinski definition) is 1. The van der Waals surface area contributed by atoms with E-state index in [4.69, 9.17) is 5.73 Å². The standard InChI is InChI=1S/C13H21N3O2/c1-4-10(3)9-15(5-2)12-6-11(14)7-13(8-12)16(17)18/h6-8,10H,4-5,9,14H2,1-3H3. The molecule has 5 heteroatoms. The molecule has 1 aromatic carbocycles. The van der Waals surface area contributed by atoms with Crippen molar-refractivity contribution in [3.05, 3.63) is 28.3 Å². The maximum absolute atomic E-state index is 10.8. The van der Waals surface area contributed by atoms with E-state index in [0.29, 0.717) is 11.6 Å². The molecule has 0 aromatic heterocycles. The van der Waals surface area contributed by atoms with Crippen LogP contribution in [0.1, 0.15) is 27.2 Å². The van der Waals surface area contributed by atoms with Crippen molar-refractivity contribution < 1.29 is 4.92 Å². The third-order valence-corrected chi connectivity index (χ3v) is 3.11. The van der Waals surface area contributed by atoms with Crippen molar-refractivity contribution in [2.24, 2.45) is 5.92 Å². The van der Waals surface area contributed by atoms with Crippen LogP contribution in [-0.2, 0) is 0 Å². The summed E-state index contributed by atoms with van der Waals surface area (Å²) in [6.07, 6.45) is 1.08. The highest BCUT2D eigenvalue weighted by Gasteiger charge is 2.14. The summed E-state index contributed by atoms with van der Waals surface area (Å²) in [4.78, 5) is 12.5. The summed E-state index contributed by atoms with van der Waals surface area (Å²) in [5, 5.41) is 10.8. The first-order chi connectivity index (χ1) is 8.47. The van der Waals surface area contributed by atoms with Gasteiger partial charge in [-0.15, -0.1) is 0 Å². The van der Waals surface area contributed by atoms with E-state index in [0.717, 1.165) is 25.2 Å². The minimum absolute atomic E-state index is 0.0487. The number of hydrogen-bond acceptors (Lipinski definition) is 4. The Morgan fingerprint density at radius 1 is 1.39 bits per heavy atom. The lowest BCUT2D eigenvalue weighted by Gasteiger charge is -2.26. The second-order valence-electron chi connectivity index (χ2n) is 4.59. The number of nitro groups is 1. The Bertz CT molecular complexity index is 421. The fraction of sp³-hybridized carbons (Fsp3) is 0.538. The van der Waals surface area contributed by atoms with Gasteiger partial charge in [-0.25, -0.2) is 0 Å². The normalized spacial score (nSPS) is 12.2. The zero-order chi connectivity index (χ0) is 13.7. The molecule has 2 N–H and O–H groups in total. The summed E-state index contributed by atoms with van der Waals surface area (Å²) in [7, 11) is 0. The van der Waals surface area contributed by atoms with E-state index in [9.17, 15) is 10.1 Å². The lowest BCUT2D eigenvalue weighted by atomic mass is 10.1. The fourth-order valence-corrected chi connectivity index (χ4v) is 1.83. The molecule has 1 rings (SSSR count). The average molecular weight is 251 g/mol. The quantitative estimate of drug-likeness (QED) is 0.479. The number of non-ortho nitro benzene ring substituents is 1. The summed E-state index contributed by atoms with van der Waals surface area (Å²) in [5.74, 6) is 0.547. The van der Waals surface area contributed by atoms with Gasteiger partial charge in [0.25, 0.3) is 5.69 Å². The minimum atomic E-state index is -0.406. The molecular formula is C13H21N3O2. The second-order valence-corrected chi connectivity index (χ2v) is 4.59. The lowest BCUT2D eigenvalue weighted by molar-refractivity contribution is -0.384. The number of anilines is 2. The Morgan fingerprint density at radius 3 is 2.56 bits per heavy atom. The molecule has 0 radical (unpaired) electrons. The number of nitrogen functional groups attached to an aromatic ring is 1. The van der Waals surface area contributed by atoms with E-state index in [1.165, 1.54) is 6.07 Å². The number of nitro benzene ring substituents is 1. The molecule has 1 unspecified atom stereocenters. The van der Waals surface area contributed by atoms with Gasteiger partial charge in [0.15, 0.2) is 0 Å². The first kappa shape index (κ1) is 14.3. The van der Waals surface area contributed by atoms with E-state index in [-0.39, 0.29) is 5.69 Å². The topological polar surface area (TPSA) is 72.4 Å². The van der Waals surface area contributed by atoms with Crippen LogP contribution in [0.25, 0.3) is 0 Å². The highest BCUT2D eigenvalue weighted by atomic mass is 16.6. The van der Waals surface area contributed by atoms with Gasteiger partial charge in [0.2, 0.25) is 0 Å². The van der Waals surface area contributed by atoms with Gasteiger partial charge in [0.1, 0.15) is 0 Å². The molecule has 0 aliphatic rings. The molecule has 5 nitrogen and oxygen atoms in total. The van der Waals surface area contributed by atoms with Gasteiger partial charge in [-0.1, -0.05) is 20.3 Å². The molecular weight excluding hydrogens is 230 g/mol. The lowest BCUT2D eigenvalue weighted by Crippen LogP contribution is -2.28. The molecule has 0 saturated carbocycles. The largest absolute Gasteiger partial charge is 0.398 e. The van der Waals surface area contributed by atoms with Crippen LogP contribution in [-0.4, -0.2) is 18.0 Å². The Morgan fingerprint density at radius 2 is 2.06 bits per heavy atom. The van der Waals surface area contributed by atoms with E-state index < -0.39 is 4.92 Å². The van der Waals surface area contributed by atoms with Crippen LogP contribution < -0.4 is 10.6 Å². The Kier molecular flexibility index (Phi) is 4.95. The van der Waals surface area contributed by atoms with Crippen LogP contribution in [0.15, 0.2) is 18.2 Å². The Hall–Kier alpha value is -1.78. The van der Waals surface area contributed by atoms with Crippen molar-refractivity contribution in [1.82, 2.24) is 0 Å². The van der Waals surface area contributed by atoms with Gasteiger partial charge in [-0.05, 0) is 18.9 Å². The van der Waals surface area contributed by atoms with Crippen LogP contribution in [0.3, 0.4) is 0 Å².